The van der Waals surface area contributed by atoms with Gasteiger partial charge in [0.25, 0.3) is 0 Å². The Morgan fingerprint density at radius 2 is 1.65 bits per heavy atom. The minimum Gasteiger partial charge on any atom is -0.494 e. The highest BCUT2D eigenvalue weighted by Crippen LogP contribution is 2.33. The van der Waals surface area contributed by atoms with Crippen LogP contribution >= 0.6 is 0 Å². The summed E-state index contributed by atoms with van der Waals surface area (Å²) in [4.78, 5) is 11.4. The molecule has 23 heavy (non-hydrogen) atoms. The Balaban J connectivity index is 1.61. The van der Waals surface area contributed by atoms with E-state index in [1.54, 1.807) is 12.1 Å². The molecule has 0 amide bonds. The molecule has 128 valence electrons. The van der Waals surface area contributed by atoms with Gasteiger partial charge in [-0.1, -0.05) is 45.4 Å². The van der Waals surface area contributed by atoms with Crippen molar-refractivity contribution in [3.63, 3.8) is 0 Å². The molecule has 0 heterocycles. The Morgan fingerprint density at radius 3 is 2.22 bits per heavy atom. The summed E-state index contributed by atoms with van der Waals surface area (Å²) in [5.41, 5.74) is 0.559. The summed E-state index contributed by atoms with van der Waals surface area (Å²) in [6, 6.07) is 7.16. The van der Waals surface area contributed by atoms with Gasteiger partial charge in [-0.3, -0.25) is 0 Å². The van der Waals surface area contributed by atoms with Crippen LogP contribution in [0.5, 0.6) is 5.75 Å². The number of rotatable bonds is 8. The number of carbonyl (C=O) groups is 1. The number of hydrogen-bond donors (Lipinski definition) is 0. The average molecular weight is 318 g/mol. The molecule has 0 N–H and O–H groups in total. The fraction of sp³-hybridized carbons (Fsp3) is 0.650. The predicted octanol–water partition coefficient (Wildman–Crippen LogP) is 5.24. The van der Waals surface area contributed by atoms with Crippen molar-refractivity contribution in [2.45, 2.75) is 58.3 Å². The number of ether oxygens (including phenoxy) is 2. The van der Waals surface area contributed by atoms with Gasteiger partial charge in [0.1, 0.15) is 5.75 Å². The highest BCUT2D eigenvalue weighted by atomic mass is 16.5. The maximum atomic E-state index is 11.4. The lowest BCUT2D eigenvalue weighted by atomic mass is 9.78. The topological polar surface area (TPSA) is 35.5 Å². The molecule has 0 spiro atoms. The number of benzene rings is 1. The molecule has 0 aromatic heterocycles. The van der Waals surface area contributed by atoms with Crippen LogP contribution in [0.2, 0.25) is 0 Å². The number of esters is 1. The summed E-state index contributed by atoms with van der Waals surface area (Å²) in [5, 5.41) is 0. The zero-order valence-corrected chi connectivity index (χ0v) is 14.6. The van der Waals surface area contributed by atoms with E-state index in [1.165, 1.54) is 52.1 Å². The highest BCUT2D eigenvalue weighted by molar-refractivity contribution is 5.89. The Bertz CT molecular complexity index is 458. The second kappa shape index (κ2) is 9.59. The predicted molar refractivity (Wildman–Crippen MR) is 92.9 cm³/mol. The molecule has 1 aliphatic rings. The second-order valence-electron chi connectivity index (χ2n) is 6.68. The van der Waals surface area contributed by atoms with Crippen LogP contribution in [-0.2, 0) is 4.74 Å². The molecule has 0 saturated heterocycles. The zero-order valence-electron chi connectivity index (χ0n) is 14.6. The number of methoxy groups -OCH3 is 1. The van der Waals surface area contributed by atoms with Crippen LogP contribution in [0.15, 0.2) is 24.3 Å². The number of hydrogen-bond acceptors (Lipinski definition) is 3. The van der Waals surface area contributed by atoms with Crippen molar-refractivity contribution < 1.29 is 14.3 Å². The summed E-state index contributed by atoms with van der Waals surface area (Å²) in [5.74, 6) is 2.40. The molecule has 1 aromatic rings. The van der Waals surface area contributed by atoms with Crippen LogP contribution in [-0.4, -0.2) is 19.7 Å². The van der Waals surface area contributed by atoms with Crippen molar-refractivity contribution in [3.05, 3.63) is 29.8 Å². The van der Waals surface area contributed by atoms with Crippen molar-refractivity contribution >= 4 is 5.97 Å². The van der Waals surface area contributed by atoms with E-state index in [0.717, 1.165) is 30.6 Å². The van der Waals surface area contributed by atoms with Crippen LogP contribution < -0.4 is 4.74 Å². The van der Waals surface area contributed by atoms with Crippen LogP contribution in [0.1, 0.15) is 68.6 Å². The van der Waals surface area contributed by atoms with E-state index in [9.17, 15) is 4.79 Å². The highest BCUT2D eigenvalue weighted by Gasteiger charge is 2.20. The molecule has 0 unspecified atom stereocenters. The van der Waals surface area contributed by atoms with E-state index in [0.29, 0.717) is 5.56 Å². The fourth-order valence-electron chi connectivity index (χ4n) is 3.58. The van der Waals surface area contributed by atoms with E-state index in [1.807, 2.05) is 12.1 Å². The monoisotopic (exact) mass is 318 g/mol. The lowest BCUT2D eigenvalue weighted by Gasteiger charge is -2.28. The first-order valence-electron chi connectivity index (χ1n) is 9.04. The maximum absolute atomic E-state index is 11.4. The number of carbonyl (C=O) groups excluding carboxylic acids is 1. The van der Waals surface area contributed by atoms with Gasteiger partial charge in [-0.05, 0) is 48.9 Å². The molecular weight excluding hydrogens is 288 g/mol. The Kier molecular flexibility index (Phi) is 7.44. The van der Waals surface area contributed by atoms with E-state index in [2.05, 4.69) is 11.7 Å². The summed E-state index contributed by atoms with van der Waals surface area (Å²) in [6.07, 6.45) is 10.8. The molecule has 3 heteroatoms. The third kappa shape index (κ3) is 5.89. The average Bonchev–Trinajstić information content (AvgIpc) is 2.60. The second-order valence-corrected chi connectivity index (χ2v) is 6.68. The Morgan fingerprint density at radius 1 is 1.04 bits per heavy atom. The van der Waals surface area contributed by atoms with Crippen molar-refractivity contribution in [2.75, 3.05) is 13.7 Å². The summed E-state index contributed by atoms with van der Waals surface area (Å²) in [7, 11) is 1.39. The standard InChI is InChI=1S/C20H30O3/c1-3-5-16-7-9-17(10-8-16)6-4-15-23-19-13-11-18(12-14-19)20(21)22-2/h11-14,16-17H,3-10,15H2,1-2H3. The summed E-state index contributed by atoms with van der Waals surface area (Å²) < 4.78 is 10.5. The molecular formula is C20H30O3. The molecule has 0 radical (unpaired) electrons. The molecule has 1 saturated carbocycles. The van der Waals surface area contributed by atoms with Gasteiger partial charge in [-0.25, -0.2) is 4.79 Å². The van der Waals surface area contributed by atoms with Crippen LogP contribution in [0.3, 0.4) is 0 Å². The molecule has 0 aliphatic heterocycles. The van der Waals surface area contributed by atoms with Gasteiger partial charge >= 0.3 is 5.97 Å². The minimum absolute atomic E-state index is 0.310. The maximum Gasteiger partial charge on any atom is 0.337 e. The summed E-state index contributed by atoms with van der Waals surface area (Å²) >= 11 is 0. The molecule has 3 nitrogen and oxygen atoms in total. The normalized spacial score (nSPS) is 21.0. The molecule has 0 bridgehead atoms. The summed E-state index contributed by atoms with van der Waals surface area (Å²) in [6.45, 7) is 3.05. The minimum atomic E-state index is -0.310. The van der Waals surface area contributed by atoms with E-state index < -0.39 is 0 Å². The smallest absolute Gasteiger partial charge is 0.337 e. The van der Waals surface area contributed by atoms with Crippen molar-refractivity contribution in [2.24, 2.45) is 11.8 Å². The lowest BCUT2D eigenvalue weighted by molar-refractivity contribution is 0.0600. The van der Waals surface area contributed by atoms with Gasteiger partial charge in [0.2, 0.25) is 0 Å². The first-order valence-corrected chi connectivity index (χ1v) is 9.04. The van der Waals surface area contributed by atoms with Crippen molar-refractivity contribution in [1.29, 1.82) is 0 Å². The van der Waals surface area contributed by atoms with Crippen molar-refractivity contribution in [3.8, 4) is 5.75 Å². The molecule has 1 aromatic carbocycles. The Labute approximate surface area is 140 Å². The molecule has 1 aliphatic carbocycles. The third-order valence-corrected chi connectivity index (χ3v) is 4.96. The third-order valence-electron chi connectivity index (χ3n) is 4.96. The first-order chi connectivity index (χ1) is 11.2. The lowest BCUT2D eigenvalue weighted by Crippen LogP contribution is -2.15. The zero-order chi connectivity index (χ0) is 16.5. The van der Waals surface area contributed by atoms with Gasteiger partial charge in [-0.2, -0.15) is 0 Å². The van der Waals surface area contributed by atoms with Gasteiger partial charge in [0.05, 0.1) is 19.3 Å². The first kappa shape index (κ1) is 17.8. The van der Waals surface area contributed by atoms with Gasteiger partial charge in [0, 0.05) is 0 Å². The SMILES string of the molecule is CCCC1CCC(CCCOc2ccc(C(=O)OC)cc2)CC1. The van der Waals surface area contributed by atoms with E-state index >= 15 is 0 Å². The fourth-order valence-corrected chi connectivity index (χ4v) is 3.58. The van der Waals surface area contributed by atoms with Gasteiger partial charge < -0.3 is 9.47 Å². The Hall–Kier alpha value is -1.51. The van der Waals surface area contributed by atoms with Crippen LogP contribution in [0.4, 0.5) is 0 Å². The van der Waals surface area contributed by atoms with Crippen LogP contribution in [0, 0.1) is 11.8 Å². The quantitative estimate of drug-likeness (QED) is 0.486. The molecule has 0 atom stereocenters. The van der Waals surface area contributed by atoms with Gasteiger partial charge in [0.15, 0.2) is 0 Å². The van der Waals surface area contributed by atoms with E-state index in [-0.39, 0.29) is 5.97 Å². The van der Waals surface area contributed by atoms with E-state index in [4.69, 9.17) is 4.74 Å². The molecule has 1 fully saturated rings. The largest absolute Gasteiger partial charge is 0.494 e. The molecule has 2 rings (SSSR count). The van der Waals surface area contributed by atoms with Crippen LogP contribution in [0.25, 0.3) is 0 Å². The van der Waals surface area contributed by atoms with Crippen molar-refractivity contribution in [1.82, 2.24) is 0 Å². The van der Waals surface area contributed by atoms with Gasteiger partial charge in [-0.15, -0.1) is 0 Å².